The molecule has 2 amide bonds. The van der Waals surface area contributed by atoms with Gasteiger partial charge in [-0.2, -0.15) is 0 Å². The number of carbonyl (C=O) groups is 3. The van der Waals surface area contributed by atoms with Crippen molar-refractivity contribution in [2.45, 2.75) is 20.0 Å². The Hall–Kier alpha value is -3.20. The van der Waals surface area contributed by atoms with Crippen LogP contribution in [-0.2, 0) is 9.53 Å². The SMILES string of the molecule is Cc1c(C(=O)O[C@@H](C)C(=O)Nc2sccc2C(N)=O)oc2c(F)cccc12. The fourth-order valence-electron chi connectivity index (χ4n) is 2.48. The number of hydrogen-bond donors (Lipinski definition) is 2. The Morgan fingerprint density at radius 3 is 2.70 bits per heavy atom. The predicted molar refractivity (Wildman–Crippen MR) is 97.3 cm³/mol. The van der Waals surface area contributed by atoms with E-state index in [4.69, 9.17) is 14.9 Å². The molecule has 140 valence electrons. The fourth-order valence-corrected chi connectivity index (χ4v) is 3.28. The molecule has 0 aliphatic rings. The number of anilines is 1. The summed E-state index contributed by atoms with van der Waals surface area (Å²) in [7, 11) is 0. The van der Waals surface area contributed by atoms with E-state index in [1.165, 1.54) is 25.1 Å². The van der Waals surface area contributed by atoms with E-state index in [1.54, 1.807) is 18.4 Å². The Morgan fingerprint density at radius 2 is 2.04 bits per heavy atom. The van der Waals surface area contributed by atoms with Crippen molar-refractivity contribution >= 4 is 45.1 Å². The van der Waals surface area contributed by atoms with Crippen molar-refractivity contribution in [3.63, 3.8) is 0 Å². The van der Waals surface area contributed by atoms with Crippen LogP contribution in [0.3, 0.4) is 0 Å². The number of nitrogens with two attached hydrogens (primary N) is 1. The monoisotopic (exact) mass is 390 g/mol. The minimum Gasteiger partial charge on any atom is -0.447 e. The van der Waals surface area contributed by atoms with Gasteiger partial charge in [0, 0.05) is 10.9 Å². The summed E-state index contributed by atoms with van der Waals surface area (Å²) in [6.07, 6.45) is -1.18. The Morgan fingerprint density at radius 1 is 1.30 bits per heavy atom. The van der Waals surface area contributed by atoms with Gasteiger partial charge >= 0.3 is 5.97 Å². The number of thiophene rings is 1. The lowest BCUT2D eigenvalue weighted by Crippen LogP contribution is -2.30. The fraction of sp³-hybridized carbons (Fsp3) is 0.167. The predicted octanol–water partition coefficient (Wildman–Crippen LogP) is 3.22. The van der Waals surface area contributed by atoms with E-state index in [9.17, 15) is 18.8 Å². The summed E-state index contributed by atoms with van der Waals surface area (Å²) < 4.78 is 24.2. The summed E-state index contributed by atoms with van der Waals surface area (Å²) in [5.74, 6) is -3.00. The molecule has 0 spiro atoms. The maximum atomic E-state index is 13.8. The highest BCUT2D eigenvalue weighted by Crippen LogP contribution is 2.28. The van der Waals surface area contributed by atoms with Crippen LogP contribution in [0.15, 0.2) is 34.1 Å². The Bertz CT molecular complexity index is 1060. The highest BCUT2D eigenvalue weighted by Gasteiger charge is 2.26. The van der Waals surface area contributed by atoms with Crippen LogP contribution in [0.25, 0.3) is 11.0 Å². The number of halogens is 1. The van der Waals surface area contributed by atoms with Crippen molar-refractivity contribution in [2.75, 3.05) is 5.32 Å². The van der Waals surface area contributed by atoms with E-state index in [1.807, 2.05) is 0 Å². The number of benzene rings is 1. The number of amides is 2. The molecule has 2 heterocycles. The minimum absolute atomic E-state index is 0.0521. The average Bonchev–Trinajstić information content (AvgIpc) is 3.20. The highest BCUT2D eigenvalue weighted by atomic mass is 32.1. The van der Waals surface area contributed by atoms with Crippen molar-refractivity contribution in [1.29, 1.82) is 0 Å². The number of para-hydroxylation sites is 1. The number of hydrogen-bond acceptors (Lipinski definition) is 6. The van der Waals surface area contributed by atoms with E-state index in [-0.39, 0.29) is 21.9 Å². The van der Waals surface area contributed by atoms with Gasteiger partial charge in [-0.1, -0.05) is 12.1 Å². The average molecular weight is 390 g/mol. The first-order valence-electron chi connectivity index (χ1n) is 7.86. The molecule has 0 saturated carbocycles. The van der Waals surface area contributed by atoms with Gasteiger partial charge in [0.15, 0.2) is 17.5 Å². The van der Waals surface area contributed by atoms with Gasteiger partial charge in [0.1, 0.15) is 5.00 Å². The van der Waals surface area contributed by atoms with E-state index in [0.29, 0.717) is 10.9 Å². The third-order valence-corrected chi connectivity index (χ3v) is 4.75. The molecule has 0 bridgehead atoms. The topological polar surface area (TPSA) is 112 Å². The van der Waals surface area contributed by atoms with Crippen molar-refractivity contribution in [1.82, 2.24) is 0 Å². The van der Waals surface area contributed by atoms with Crippen LogP contribution in [0.2, 0.25) is 0 Å². The number of carbonyl (C=O) groups excluding carboxylic acids is 3. The molecule has 0 aliphatic heterocycles. The van der Waals surface area contributed by atoms with Gasteiger partial charge in [0.05, 0.1) is 5.56 Å². The second-order valence-electron chi connectivity index (χ2n) is 5.74. The molecule has 1 atom stereocenters. The molecular formula is C18H15FN2O5S. The van der Waals surface area contributed by atoms with Gasteiger partial charge in [-0.3, -0.25) is 9.59 Å². The molecule has 9 heteroatoms. The largest absolute Gasteiger partial charge is 0.447 e. The van der Waals surface area contributed by atoms with Gasteiger partial charge in [-0.25, -0.2) is 9.18 Å². The van der Waals surface area contributed by atoms with Crippen LogP contribution in [-0.4, -0.2) is 23.9 Å². The summed E-state index contributed by atoms with van der Waals surface area (Å²) >= 11 is 1.11. The number of aryl methyl sites for hydroxylation is 1. The molecule has 7 nitrogen and oxygen atoms in total. The van der Waals surface area contributed by atoms with Crippen LogP contribution in [0.5, 0.6) is 0 Å². The molecule has 0 saturated heterocycles. The number of furan rings is 1. The zero-order valence-electron chi connectivity index (χ0n) is 14.4. The number of nitrogens with one attached hydrogen (secondary N) is 1. The van der Waals surface area contributed by atoms with Gasteiger partial charge in [0.2, 0.25) is 5.76 Å². The van der Waals surface area contributed by atoms with Crippen LogP contribution in [0, 0.1) is 12.7 Å². The van der Waals surface area contributed by atoms with E-state index < -0.39 is 29.7 Å². The molecule has 27 heavy (non-hydrogen) atoms. The maximum absolute atomic E-state index is 13.8. The van der Waals surface area contributed by atoms with E-state index >= 15 is 0 Å². The molecule has 3 N–H and O–H groups in total. The third kappa shape index (κ3) is 3.54. The van der Waals surface area contributed by atoms with E-state index in [2.05, 4.69) is 5.32 Å². The molecule has 0 radical (unpaired) electrons. The maximum Gasteiger partial charge on any atom is 0.375 e. The minimum atomic E-state index is -1.18. The van der Waals surface area contributed by atoms with Crippen molar-refractivity contribution < 1.29 is 27.9 Å². The Labute approximate surface area is 156 Å². The summed E-state index contributed by atoms with van der Waals surface area (Å²) in [5, 5.41) is 4.79. The number of esters is 1. The summed E-state index contributed by atoms with van der Waals surface area (Å²) in [5.41, 5.74) is 5.75. The van der Waals surface area contributed by atoms with Crippen molar-refractivity contribution in [2.24, 2.45) is 5.73 Å². The van der Waals surface area contributed by atoms with Crippen molar-refractivity contribution in [3.8, 4) is 0 Å². The standard InChI is InChI=1S/C18H15FN2O5S/c1-8-10-4-3-5-12(19)14(10)26-13(8)18(24)25-9(2)16(23)21-17-11(15(20)22)6-7-27-17/h3-7,9H,1-2H3,(H2,20,22)(H,21,23)/t9-/m0/s1. The first-order chi connectivity index (χ1) is 12.8. The lowest BCUT2D eigenvalue weighted by atomic mass is 10.1. The molecule has 0 unspecified atom stereocenters. The van der Waals surface area contributed by atoms with Gasteiger partial charge in [-0.05, 0) is 31.4 Å². The lowest BCUT2D eigenvalue weighted by molar-refractivity contribution is -0.123. The highest BCUT2D eigenvalue weighted by molar-refractivity contribution is 7.14. The number of fused-ring (bicyclic) bond motifs is 1. The second-order valence-corrected chi connectivity index (χ2v) is 6.65. The third-order valence-electron chi connectivity index (χ3n) is 3.92. The molecular weight excluding hydrogens is 375 g/mol. The molecule has 3 aromatic rings. The first kappa shape index (κ1) is 18.6. The van der Waals surface area contributed by atoms with E-state index in [0.717, 1.165) is 11.3 Å². The molecule has 0 fully saturated rings. The number of ether oxygens (including phenoxy) is 1. The van der Waals surface area contributed by atoms with Crippen LogP contribution < -0.4 is 11.1 Å². The Balaban J connectivity index is 1.75. The van der Waals surface area contributed by atoms with Crippen molar-refractivity contribution in [3.05, 3.63) is 52.3 Å². The van der Waals surface area contributed by atoms with Gasteiger partial charge in [-0.15, -0.1) is 11.3 Å². The lowest BCUT2D eigenvalue weighted by Gasteiger charge is -2.12. The zero-order valence-corrected chi connectivity index (χ0v) is 15.2. The zero-order chi connectivity index (χ0) is 19.7. The normalized spacial score (nSPS) is 12.0. The first-order valence-corrected chi connectivity index (χ1v) is 8.74. The molecule has 0 aliphatic carbocycles. The molecule has 2 aromatic heterocycles. The van der Waals surface area contributed by atoms with Crippen LogP contribution in [0.1, 0.15) is 33.4 Å². The molecule has 1 aromatic carbocycles. The summed E-state index contributed by atoms with van der Waals surface area (Å²) in [4.78, 5) is 35.9. The summed E-state index contributed by atoms with van der Waals surface area (Å²) in [6.45, 7) is 2.96. The second kappa shape index (κ2) is 7.20. The number of primary amides is 1. The smallest absolute Gasteiger partial charge is 0.375 e. The summed E-state index contributed by atoms with van der Waals surface area (Å²) in [6, 6.07) is 5.81. The van der Waals surface area contributed by atoms with Gasteiger partial charge < -0.3 is 20.2 Å². The van der Waals surface area contributed by atoms with Gasteiger partial charge in [0.25, 0.3) is 11.8 Å². The number of rotatable bonds is 5. The van der Waals surface area contributed by atoms with Crippen LogP contribution >= 0.6 is 11.3 Å². The Kier molecular flexibility index (Phi) is 4.95. The van der Waals surface area contributed by atoms with Crippen LogP contribution in [0.4, 0.5) is 9.39 Å². The quantitative estimate of drug-likeness (QED) is 0.650. The molecule has 3 rings (SSSR count).